The Labute approximate surface area is 114 Å². The van der Waals surface area contributed by atoms with Crippen LogP contribution in [0.1, 0.15) is 18.9 Å². The van der Waals surface area contributed by atoms with Crippen molar-refractivity contribution in [3.05, 3.63) is 29.8 Å². The average Bonchev–Trinajstić information content (AvgIpc) is 2.33. The van der Waals surface area contributed by atoms with Gasteiger partial charge in [0.1, 0.15) is 0 Å². The van der Waals surface area contributed by atoms with Crippen molar-refractivity contribution in [2.45, 2.75) is 18.8 Å². The molecule has 1 fully saturated rings. The van der Waals surface area contributed by atoms with Crippen molar-refractivity contribution < 1.29 is 14.6 Å². The number of aliphatic carboxylic acids is 1. The molecule has 1 saturated heterocycles. The van der Waals surface area contributed by atoms with E-state index in [1.165, 1.54) is 0 Å². The minimum atomic E-state index is -0.834. The van der Waals surface area contributed by atoms with Gasteiger partial charge < -0.3 is 14.7 Å². The molecule has 1 aliphatic rings. The Morgan fingerprint density at radius 1 is 1.37 bits per heavy atom. The van der Waals surface area contributed by atoms with Crippen molar-refractivity contribution in [3.63, 3.8) is 0 Å². The van der Waals surface area contributed by atoms with Gasteiger partial charge in [-0.3, -0.25) is 4.79 Å². The first-order chi connectivity index (χ1) is 8.93. The van der Waals surface area contributed by atoms with E-state index in [0.717, 1.165) is 11.3 Å². The Kier molecular flexibility index (Phi) is 3.80. The van der Waals surface area contributed by atoms with E-state index in [1.54, 1.807) is 6.92 Å². The number of ether oxygens (including phenoxy) is 1. The number of benzene rings is 1. The van der Waals surface area contributed by atoms with Crippen LogP contribution >= 0.6 is 0 Å². The SMILES string of the molecule is CN(C)c1ccc(C(C)(CC2COC2)C(=O)O)cc1. The molecule has 0 spiro atoms. The van der Waals surface area contributed by atoms with Crippen LogP contribution in [-0.2, 0) is 14.9 Å². The molecule has 4 nitrogen and oxygen atoms in total. The third kappa shape index (κ3) is 2.73. The molecule has 0 amide bonds. The van der Waals surface area contributed by atoms with Gasteiger partial charge >= 0.3 is 5.97 Å². The van der Waals surface area contributed by atoms with Gasteiger partial charge in [0.2, 0.25) is 0 Å². The molecule has 1 heterocycles. The zero-order valence-corrected chi connectivity index (χ0v) is 11.7. The summed E-state index contributed by atoms with van der Waals surface area (Å²) in [6, 6.07) is 7.77. The van der Waals surface area contributed by atoms with Gasteiger partial charge in [-0.15, -0.1) is 0 Å². The van der Waals surface area contributed by atoms with E-state index in [4.69, 9.17) is 4.74 Å². The quantitative estimate of drug-likeness (QED) is 0.884. The minimum Gasteiger partial charge on any atom is -0.481 e. The second-order valence-corrected chi connectivity index (χ2v) is 5.69. The Hall–Kier alpha value is -1.55. The number of hydrogen-bond donors (Lipinski definition) is 1. The van der Waals surface area contributed by atoms with Gasteiger partial charge in [-0.25, -0.2) is 0 Å². The summed E-state index contributed by atoms with van der Waals surface area (Å²) in [7, 11) is 3.94. The summed E-state index contributed by atoms with van der Waals surface area (Å²) in [5.74, 6) is -0.411. The maximum atomic E-state index is 11.7. The second-order valence-electron chi connectivity index (χ2n) is 5.69. The molecular formula is C15H21NO3. The Bertz CT molecular complexity index is 451. The van der Waals surface area contributed by atoms with E-state index in [-0.39, 0.29) is 0 Å². The van der Waals surface area contributed by atoms with Crippen LogP contribution < -0.4 is 4.90 Å². The van der Waals surface area contributed by atoms with Crippen molar-refractivity contribution in [2.75, 3.05) is 32.2 Å². The lowest BCUT2D eigenvalue weighted by atomic mass is 9.75. The van der Waals surface area contributed by atoms with E-state index < -0.39 is 11.4 Å². The van der Waals surface area contributed by atoms with Crippen molar-refractivity contribution in [3.8, 4) is 0 Å². The predicted octanol–water partition coefficient (Wildman–Crippen LogP) is 2.13. The van der Waals surface area contributed by atoms with Crippen LogP contribution in [0, 0.1) is 5.92 Å². The molecule has 0 bridgehead atoms. The molecule has 2 rings (SSSR count). The van der Waals surface area contributed by atoms with Gasteiger partial charge in [0.25, 0.3) is 0 Å². The maximum absolute atomic E-state index is 11.7. The normalized spacial score (nSPS) is 18.5. The van der Waals surface area contributed by atoms with Crippen LogP contribution in [0.5, 0.6) is 0 Å². The molecule has 1 aromatic rings. The third-order valence-corrected chi connectivity index (χ3v) is 3.90. The fourth-order valence-electron chi connectivity index (χ4n) is 2.44. The Morgan fingerprint density at radius 3 is 2.32 bits per heavy atom. The van der Waals surface area contributed by atoms with Crippen LogP contribution in [0.2, 0.25) is 0 Å². The molecule has 0 radical (unpaired) electrons. The van der Waals surface area contributed by atoms with E-state index in [9.17, 15) is 9.90 Å². The lowest BCUT2D eigenvalue weighted by molar-refractivity contribution is -0.145. The molecule has 4 heteroatoms. The van der Waals surface area contributed by atoms with Crippen LogP contribution in [-0.4, -0.2) is 38.4 Å². The summed E-state index contributed by atoms with van der Waals surface area (Å²) in [4.78, 5) is 13.7. The topological polar surface area (TPSA) is 49.8 Å². The van der Waals surface area contributed by atoms with Crippen LogP contribution in [0.25, 0.3) is 0 Å². The van der Waals surface area contributed by atoms with E-state index in [0.29, 0.717) is 25.6 Å². The second kappa shape index (κ2) is 5.21. The predicted molar refractivity (Wildman–Crippen MR) is 74.7 cm³/mol. The highest BCUT2D eigenvalue weighted by Gasteiger charge is 2.39. The number of carboxylic acid groups (broad SMARTS) is 1. The summed E-state index contributed by atoms with van der Waals surface area (Å²) >= 11 is 0. The third-order valence-electron chi connectivity index (χ3n) is 3.90. The summed E-state index contributed by atoms with van der Waals surface area (Å²) < 4.78 is 5.15. The van der Waals surface area contributed by atoms with Crippen molar-refractivity contribution >= 4 is 11.7 Å². The summed E-state index contributed by atoms with van der Waals surface area (Å²) in [6.07, 6.45) is 0.629. The standard InChI is InChI=1S/C15H21NO3/c1-15(14(17)18,8-11-9-19-10-11)12-4-6-13(7-5-12)16(2)3/h4-7,11H,8-10H2,1-3H3,(H,17,18). The first-order valence-electron chi connectivity index (χ1n) is 6.52. The first-order valence-corrected chi connectivity index (χ1v) is 6.52. The van der Waals surface area contributed by atoms with Crippen molar-refractivity contribution in [2.24, 2.45) is 5.92 Å². The smallest absolute Gasteiger partial charge is 0.313 e. The number of hydrogen-bond acceptors (Lipinski definition) is 3. The van der Waals surface area contributed by atoms with Crippen molar-refractivity contribution in [1.82, 2.24) is 0 Å². The van der Waals surface area contributed by atoms with Gasteiger partial charge in [0.15, 0.2) is 0 Å². The lowest BCUT2D eigenvalue weighted by Gasteiger charge is -2.34. The van der Waals surface area contributed by atoms with Crippen LogP contribution in [0.4, 0.5) is 5.69 Å². The van der Waals surface area contributed by atoms with Gasteiger partial charge in [0, 0.05) is 25.7 Å². The largest absolute Gasteiger partial charge is 0.481 e. The molecule has 1 aliphatic heterocycles. The van der Waals surface area contributed by atoms with Gasteiger partial charge in [-0.05, 0) is 31.0 Å². The molecule has 0 saturated carbocycles. The molecule has 1 aromatic carbocycles. The zero-order chi connectivity index (χ0) is 14.0. The molecule has 1 N–H and O–H groups in total. The van der Waals surface area contributed by atoms with Gasteiger partial charge in [0.05, 0.1) is 18.6 Å². The summed E-state index contributed by atoms with van der Waals surface area (Å²) in [5.41, 5.74) is 1.10. The monoisotopic (exact) mass is 263 g/mol. The molecule has 0 aliphatic carbocycles. The first kappa shape index (κ1) is 13.9. The van der Waals surface area contributed by atoms with E-state index in [1.807, 2.05) is 43.3 Å². The molecule has 0 aromatic heterocycles. The number of carboxylic acids is 1. The zero-order valence-electron chi connectivity index (χ0n) is 11.7. The molecular weight excluding hydrogens is 242 g/mol. The highest BCUT2D eigenvalue weighted by molar-refractivity contribution is 5.81. The fraction of sp³-hybridized carbons (Fsp3) is 0.533. The lowest BCUT2D eigenvalue weighted by Crippen LogP contribution is -2.40. The van der Waals surface area contributed by atoms with Crippen LogP contribution in [0.15, 0.2) is 24.3 Å². The van der Waals surface area contributed by atoms with E-state index in [2.05, 4.69) is 0 Å². The van der Waals surface area contributed by atoms with Gasteiger partial charge in [-0.2, -0.15) is 0 Å². The maximum Gasteiger partial charge on any atom is 0.313 e. The molecule has 1 unspecified atom stereocenters. The molecule has 19 heavy (non-hydrogen) atoms. The summed E-state index contributed by atoms with van der Waals surface area (Å²) in [6.45, 7) is 3.16. The Balaban J connectivity index is 2.24. The number of anilines is 1. The fourth-order valence-corrected chi connectivity index (χ4v) is 2.44. The molecule has 1 atom stereocenters. The van der Waals surface area contributed by atoms with E-state index >= 15 is 0 Å². The number of rotatable bonds is 5. The average molecular weight is 263 g/mol. The highest BCUT2D eigenvalue weighted by atomic mass is 16.5. The highest BCUT2D eigenvalue weighted by Crippen LogP contribution is 2.34. The summed E-state index contributed by atoms with van der Waals surface area (Å²) in [5, 5.41) is 9.58. The minimum absolute atomic E-state index is 0.356. The number of nitrogens with zero attached hydrogens (tertiary/aromatic N) is 1. The number of carbonyl (C=O) groups is 1. The molecule has 104 valence electrons. The Morgan fingerprint density at radius 2 is 1.95 bits per heavy atom. The van der Waals surface area contributed by atoms with Crippen LogP contribution in [0.3, 0.4) is 0 Å². The van der Waals surface area contributed by atoms with Gasteiger partial charge in [-0.1, -0.05) is 12.1 Å². The van der Waals surface area contributed by atoms with Crippen molar-refractivity contribution in [1.29, 1.82) is 0 Å².